The number of carbonyl (C=O) groups is 2. The first-order chi connectivity index (χ1) is 14.4. The first-order valence-corrected chi connectivity index (χ1v) is 10.3. The molecule has 160 valence electrons. The molecule has 0 radical (unpaired) electrons. The number of rotatable bonds is 7. The molecule has 1 saturated heterocycles. The Morgan fingerprint density at radius 3 is 2.47 bits per heavy atom. The number of hydrogen-bond acceptors (Lipinski definition) is 4. The summed E-state index contributed by atoms with van der Waals surface area (Å²) in [5, 5.41) is 3.04. The molecule has 0 spiro atoms. The number of methoxy groups -OCH3 is 2. The fourth-order valence-electron chi connectivity index (χ4n) is 3.91. The molecule has 0 saturated carbocycles. The summed E-state index contributed by atoms with van der Waals surface area (Å²) in [5.74, 6) is 1.25. The van der Waals surface area contributed by atoms with E-state index in [1.54, 1.807) is 20.3 Å². The molecule has 1 atom stereocenters. The van der Waals surface area contributed by atoms with Crippen molar-refractivity contribution in [3.8, 4) is 11.5 Å². The van der Waals surface area contributed by atoms with Crippen LogP contribution in [0.5, 0.6) is 11.5 Å². The zero-order valence-electron chi connectivity index (χ0n) is 17.9. The summed E-state index contributed by atoms with van der Waals surface area (Å²) in [4.78, 5) is 27.6. The number of nitrogens with zero attached hydrogens (tertiary/aromatic N) is 1. The SMILES string of the molecule is COc1ccc(CC(=O)N2CCC[C@@](C)(C(=O)NCc3ccccc3)C2)cc1OC. The van der Waals surface area contributed by atoms with Crippen molar-refractivity contribution < 1.29 is 19.1 Å². The summed E-state index contributed by atoms with van der Waals surface area (Å²) in [5.41, 5.74) is 1.34. The molecular formula is C24H30N2O4. The Labute approximate surface area is 178 Å². The van der Waals surface area contributed by atoms with E-state index in [0.717, 1.165) is 24.0 Å². The summed E-state index contributed by atoms with van der Waals surface area (Å²) in [7, 11) is 3.16. The molecular weight excluding hydrogens is 380 g/mol. The second kappa shape index (κ2) is 9.65. The van der Waals surface area contributed by atoms with Gasteiger partial charge in [0.1, 0.15) is 0 Å². The molecule has 0 bridgehead atoms. The molecule has 1 fully saturated rings. The standard InChI is InChI=1S/C24H30N2O4/c1-24(23(28)25-16-18-8-5-4-6-9-18)12-7-13-26(17-24)22(27)15-19-10-11-20(29-2)21(14-19)30-3/h4-6,8-11,14H,7,12-13,15-17H2,1-3H3,(H,25,28)/t24-/m1/s1. The van der Waals surface area contributed by atoms with E-state index in [2.05, 4.69) is 5.32 Å². The Morgan fingerprint density at radius 1 is 1.03 bits per heavy atom. The molecule has 1 heterocycles. The average Bonchev–Trinajstić information content (AvgIpc) is 2.78. The summed E-state index contributed by atoms with van der Waals surface area (Å²) >= 11 is 0. The van der Waals surface area contributed by atoms with E-state index in [0.29, 0.717) is 31.1 Å². The zero-order chi connectivity index (χ0) is 21.6. The van der Waals surface area contributed by atoms with Gasteiger partial charge in [-0.25, -0.2) is 0 Å². The lowest BCUT2D eigenvalue weighted by atomic mass is 9.80. The highest BCUT2D eigenvalue weighted by Crippen LogP contribution is 2.31. The quantitative estimate of drug-likeness (QED) is 0.761. The molecule has 2 amide bonds. The van der Waals surface area contributed by atoms with Crippen LogP contribution in [0.2, 0.25) is 0 Å². The molecule has 1 N–H and O–H groups in total. The van der Waals surface area contributed by atoms with Gasteiger partial charge in [-0.05, 0) is 43.0 Å². The lowest BCUT2D eigenvalue weighted by Crippen LogP contribution is -2.52. The first-order valence-electron chi connectivity index (χ1n) is 10.3. The molecule has 30 heavy (non-hydrogen) atoms. The number of piperidine rings is 1. The highest BCUT2D eigenvalue weighted by Gasteiger charge is 2.39. The molecule has 0 unspecified atom stereocenters. The van der Waals surface area contributed by atoms with E-state index in [9.17, 15) is 9.59 Å². The van der Waals surface area contributed by atoms with Crippen molar-refractivity contribution in [1.82, 2.24) is 10.2 Å². The number of likely N-dealkylation sites (tertiary alicyclic amines) is 1. The highest BCUT2D eigenvalue weighted by molar-refractivity contribution is 5.85. The van der Waals surface area contributed by atoms with Crippen molar-refractivity contribution in [2.24, 2.45) is 5.41 Å². The van der Waals surface area contributed by atoms with Gasteiger partial charge >= 0.3 is 0 Å². The van der Waals surface area contributed by atoms with Gasteiger partial charge in [0.2, 0.25) is 11.8 Å². The van der Waals surface area contributed by atoms with Crippen molar-refractivity contribution in [2.45, 2.75) is 32.7 Å². The number of amides is 2. The third kappa shape index (κ3) is 5.12. The molecule has 1 aliphatic rings. The smallest absolute Gasteiger partial charge is 0.227 e. The van der Waals surface area contributed by atoms with E-state index in [1.165, 1.54) is 0 Å². The van der Waals surface area contributed by atoms with Crippen LogP contribution in [0.4, 0.5) is 0 Å². The topological polar surface area (TPSA) is 67.9 Å². The number of nitrogens with one attached hydrogen (secondary N) is 1. The lowest BCUT2D eigenvalue weighted by Gasteiger charge is -2.39. The van der Waals surface area contributed by atoms with Crippen LogP contribution < -0.4 is 14.8 Å². The summed E-state index contributed by atoms with van der Waals surface area (Å²) in [6, 6.07) is 15.3. The van der Waals surface area contributed by atoms with Crippen LogP contribution in [0, 0.1) is 5.41 Å². The monoisotopic (exact) mass is 410 g/mol. The molecule has 3 rings (SSSR count). The fourth-order valence-corrected chi connectivity index (χ4v) is 3.91. The van der Waals surface area contributed by atoms with Gasteiger partial charge in [0, 0.05) is 19.6 Å². The predicted octanol–water partition coefficient (Wildman–Crippen LogP) is 3.19. The second-order valence-electron chi connectivity index (χ2n) is 8.01. The van der Waals surface area contributed by atoms with Gasteiger partial charge in [0.15, 0.2) is 11.5 Å². The minimum Gasteiger partial charge on any atom is -0.493 e. The van der Waals surface area contributed by atoms with Gasteiger partial charge in [-0.2, -0.15) is 0 Å². The second-order valence-corrected chi connectivity index (χ2v) is 8.01. The van der Waals surface area contributed by atoms with Crippen LogP contribution in [0.15, 0.2) is 48.5 Å². The van der Waals surface area contributed by atoms with E-state index >= 15 is 0 Å². The van der Waals surface area contributed by atoms with Crippen molar-refractivity contribution in [1.29, 1.82) is 0 Å². The number of benzene rings is 2. The number of ether oxygens (including phenoxy) is 2. The minimum absolute atomic E-state index is 0.00466. The van der Waals surface area contributed by atoms with E-state index < -0.39 is 5.41 Å². The van der Waals surface area contributed by atoms with Crippen molar-refractivity contribution in [3.63, 3.8) is 0 Å². The van der Waals surface area contributed by atoms with Crippen LogP contribution in [0.1, 0.15) is 30.9 Å². The first kappa shape index (κ1) is 21.7. The van der Waals surface area contributed by atoms with E-state index in [4.69, 9.17) is 9.47 Å². The maximum Gasteiger partial charge on any atom is 0.227 e. The molecule has 1 aliphatic heterocycles. The third-order valence-electron chi connectivity index (χ3n) is 5.70. The molecule has 0 aliphatic carbocycles. The molecule has 2 aromatic carbocycles. The summed E-state index contributed by atoms with van der Waals surface area (Å²) in [6.45, 7) is 3.55. The van der Waals surface area contributed by atoms with Gasteiger partial charge in [-0.3, -0.25) is 9.59 Å². The van der Waals surface area contributed by atoms with Gasteiger partial charge in [0.25, 0.3) is 0 Å². The van der Waals surface area contributed by atoms with E-state index in [1.807, 2.05) is 54.3 Å². The van der Waals surface area contributed by atoms with E-state index in [-0.39, 0.29) is 18.2 Å². The Kier molecular flexibility index (Phi) is 6.98. The Hall–Kier alpha value is -3.02. The van der Waals surface area contributed by atoms with Crippen molar-refractivity contribution >= 4 is 11.8 Å². The number of hydrogen-bond donors (Lipinski definition) is 1. The van der Waals surface area contributed by atoms with Crippen molar-refractivity contribution in [2.75, 3.05) is 27.3 Å². The molecule has 6 nitrogen and oxygen atoms in total. The van der Waals surface area contributed by atoms with Gasteiger partial charge in [-0.1, -0.05) is 36.4 Å². The van der Waals surface area contributed by atoms with Crippen molar-refractivity contribution in [3.05, 3.63) is 59.7 Å². The Balaban J connectivity index is 1.61. The normalized spacial score (nSPS) is 18.6. The third-order valence-corrected chi connectivity index (χ3v) is 5.70. The average molecular weight is 411 g/mol. The molecule has 2 aromatic rings. The van der Waals surface area contributed by atoms with Crippen LogP contribution in [0.3, 0.4) is 0 Å². The zero-order valence-corrected chi connectivity index (χ0v) is 17.9. The fraction of sp³-hybridized carbons (Fsp3) is 0.417. The molecule has 0 aromatic heterocycles. The van der Waals surface area contributed by atoms with Crippen LogP contribution in [0.25, 0.3) is 0 Å². The van der Waals surface area contributed by atoms with Crippen LogP contribution in [-0.2, 0) is 22.6 Å². The largest absolute Gasteiger partial charge is 0.493 e. The number of carbonyl (C=O) groups excluding carboxylic acids is 2. The van der Waals surface area contributed by atoms with Gasteiger partial charge in [0.05, 0.1) is 26.1 Å². The minimum atomic E-state index is -0.583. The predicted molar refractivity (Wildman–Crippen MR) is 115 cm³/mol. The van der Waals surface area contributed by atoms with Crippen LogP contribution >= 0.6 is 0 Å². The van der Waals surface area contributed by atoms with Crippen LogP contribution in [-0.4, -0.2) is 44.0 Å². The lowest BCUT2D eigenvalue weighted by molar-refractivity contribution is -0.140. The summed E-state index contributed by atoms with van der Waals surface area (Å²) in [6.07, 6.45) is 1.85. The maximum atomic E-state index is 12.9. The summed E-state index contributed by atoms with van der Waals surface area (Å²) < 4.78 is 10.6. The highest BCUT2D eigenvalue weighted by atomic mass is 16.5. The molecule has 6 heteroatoms. The maximum absolute atomic E-state index is 12.9. The van der Waals surface area contributed by atoms with Gasteiger partial charge < -0.3 is 19.7 Å². The Morgan fingerprint density at radius 2 is 1.77 bits per heavy atom. The van der Waals surface area contributed by atoms with Gasteiger partial charge in [-0.15, -0.1) is 0 Å². The Bertz CT molecular complexity index is 884.